The zero-order chi connectivity index (χ0) is 13.3. The predicted octanol–water partition coefficient (Wildman–Crippen LogP) is 3.33. The summed E-state index contributed by atoms with van der Waals surface area (Å²) >= 11 is 2.32. The van der Waals surface area contributed by atoms with Gasteiger partial charge in [0.05, 0.1) is 0 Å². The van der Waals surface area contributed by atoms with Crippen molar-refractivity contribution >= 4 is 39.9 Å². The van der Waals surface area contributed by atoms with Crippen molar-refractivity contribution in [2.45, 2.75) is 20.8 Å². The highest BCUT2D eigenvalue weighted by Crippen LogP contribution is 2.26. The highest BCUT2D eigenvalue weighted by Gasteiger charge is 2.08. The number of rotatable bonds is 2. The molecule has 0 atom stereocenters. The first-order valence-corrected chi connectivity index (χ1v) is 6.69. The number of benzene rings is 1. The summed E-state index contributed by atoms with van der Waals surface area (Å²) < 4.78 is 1.22. The minimum atomic E-state index is 0.522. The van der Waals surface area contributed by atoms with Crippen molar-refractivity contribution < 1.29 is 0 Å². The molecule has 0 radical (unpaired) electrons. The zero-order valence-corrected chi connectivity index (χ0v) is 12.7. The first-order valence-electron chi connectivity index (χ1n) is 5.62. The van der Waals surface area contributed by atoms with Gasteiger partial charge in [-0.3, -0.25) is 0 Å². The van der Waals surface area contributed by atoms with Crippen LogP contribution in [0.1, 0.15) is 17.0 Å². The number of hydrogen-bond acceptors (Lipinski definition) is 4. The summed E-state index contributed by atoms with van der Waals surface area (Å²) in [6, 6.07) is 6.13. The van der Waals surface area contributed by atoms with E-state index < -0.39 is 0 Å². The van der Waals surface area contributed by atoms with E-state index in [-0.39, 0.29) is 0 Å². The molecule has 2 aromatic rings. The Hall–Kier alpha value is -1.37. The molecule has 1 heterocycles. The summed E-state index contributed by atoms with van der Waals surface area (Å²) in [7, 11) is 0. The molecule has 1 aromatic heterocycles. The van der Waals surface area contributed by atoms with Crippen LogP contribution in [0.3, 0.4) is 0 Å². The second kappa shape index (κ2) is 5.09. The first kappa shape index (κ1) is 13.1. The number of aromatic nitrogens is 2. The van der Waals surface area contributed by atoms with Gasteiger partial charge in [-0.2, -0.15) is 0 Å². The molecule has 0 saturated heterocycles. The summed E-state index contributed by atoms with van der Waals surface area (Å²) in [4.78, 5) is 8.54. The third kappa shape index (κ3) is 2.55. The quantitative estimate of drug-likeness (QED) is 0.812. The highest BCUT2D eigenvalue weighted by molar-refractivity contribution is 14.1. The molecule has 18 heavy (non-hydrogen) atoms. The van der Waals surface area contributed by atoms with Crippen LogP contribution in [0.4, 0.5) is 17.3 Å². The van der Waals surface area contributed by atoms with E-state index in [4.69, 9.17) is 5.73 Å². The van der Waals surface area contributed by atoms with E-state index >= 15 is 0 Å². The van der Waals surface area contributed by atoms with Crippen molar-refractivity contribution in [3.05, 3.63) is 38.7 Å². The van der Waals surface area contributed by atoms with Crippen LogP contribution in [0, 0.1) is 24.3 Å². The van der Waals surface area contributed by atoms with Gasteiger partial charge in [-0.15, -0.1) is 0 Å². The number of nitrogen functional groups attached to an aromatic ring is 1. The summed E-state index contributed by atoms with van der Waals surface area (Å²) in [5.74, 6) is 1.96. The average molecular weight is 354 g/mol. The Morgan fingerprint density at radius 1 is 1.11 bits per heavy atom. The molecule has 0 aliphatic heterocycles. The molecule has 94 valence electrons. The van der Waals surface area contributed by atoms with Gasteiger partial charge < -0.3 is 11.1 Å². The van der Waals surface area contributed by atoms with Crippen LogP contribution >= 0.6 is 22.6 Å². The van der Waals surface area contributed by atoms with Gasteiger partial charge in [0.25, 0.3) is 0 Å². The Morgan fingerprint density at radius 2 is 1.83 bits per heavy atom. The predicted molar refractivity (Wildman–Crippen MR) is 83.1 cm³/mol. The second-order valence-electron chi connectivity index (χ2n) is 4.17. The van der Waals surface area contributed by atoms with Crippen LogP contribution in [0.5, 0.6) is 0 Å². The van der Waals surface area contributed by atoms with Crippen LogP contribution < -0.4 is 11.1 Å². The summed E-state index contributed by atoms with van der Waals surface area (Å²) in [5, 5.41) is 3.33. The molecule has 0 spiro atoms. The van der Waals surface area contributed by atoms with Crippen LogP contribution in [-0.4, -0.2) is 9.97 Å². The Labute approximate surface area is 120 Å². The Kier molecular flexibility index (Phi) is 3.70. The molecule has 0 unspecified atom stereocenters. The van der Waals surface area contributed by atoms with Crippen molar-refractivity contribution in [3.63, 3.8) is 0 Å². The molecule has 0 aliphatic rings. The van der Waals surface area contributed by atoms with Crippen LogP contribution in [0.25, 0.3) is 0 Å². The van der Waals surface area contributed by atoms with Gasteiger partial charge in [-0.05, 0) is 61.1 Å². The van der Waals surface area contributed by atoms with E-state index in [1.54, 1.807) is 0 Å². The highest BCUT2D eigenvalue weighted by atomic mass is 127. The lowest BCUT2D eigenvalue weighted by molar-refractivity contribution is 1.04. The lowest BCUT2D eigenvalue weighted by Gasteiger charge is -2.13. The summed E-state index contributed by atoms with van der Waals surface area (Å²) in [6.45, 7) is 5.83. The zero-order valence-electron chi connectivity index (χ0n) is 10.6. The number of anilines is 3. The summed E-state index contributed by atoms with van der Waals surface area (Å²) in [5.41, 5.74) is 8.97. The normalized spacial score (nSPS) is 10.4. The van der Waals surface area contributed by atoms with Crippen molar-refractivity contribution in [3.8, 4) is 0 Å². The van der Waals surface area contributed by atoms with E-state index in [0.29, 0.717) is 11.6 Å². The fourth-order valence-electron chi connectivity index (χ4n) is 1.64. The van der Waals surface area contributed by atoms with Crippen molar-refractivity contribution in [1.82, 2.24) is 9.97 Å². The molecule has 3 N–H and O–H groups in total. The maximum absolute atomic E-state index is 5.85. The Morgan fingerprint density at radius 3 is 2.56 bits per heavy atom. The number of nitrogens with one attached hydrogen (secondary N) is 1. The van der Waals surface area contributed by atoms with E-state index in [1.165, 1.54) is 9.13 Å². The third-order valence-corrected chi connectivity index (χ3v) is 3.98. The number of halogens is 1. The molecule has 0 bridgehead atoms. The van der Waals surface area contributed by atoms with E-state index in [0.717, 1.165) is 17.1 Å². The fourth-order valence-corrected chi connectivity index (χ4v) is 2.14. The maximum atomic E-state index is 5.85. The first-order chi connectivity index (χ1) is 8.49. The topological polar surface area (TPSA) is 63.8 Å². The van der Waals surface area contributed by atoms with Crippen LogP contribution in [0.2, 0.25) is 0 Å². The molecular weight excluding hydrogens is 339 g/mol. The Bertz CT molecular complexity index is 596. The van der Waals surface area contributed by atoms with E-state index in [2.05, 4.69) is 50.9 Å². The lowest BCUT2D eigenvalue weighted by Crippen LogP contribution is -2.05. The fraction of sp³-hybridized carbons (Fsp3) is 0.231. The van der Waals surface area contributed by atoms with Crippen molar-refractivity contribution in [1.29, 1.82) is 0 Å². The largest absolute Gasteiger partial charge is 0.383 e. The van der Waals surface area contributed by atoms with Crippen molar-refractivity contribution in [2.75, 3.05) is 11.1 Å². The number of aryl methyl sites for hydroxylation is 1. The third-order valence-electron chi connectivity index (χ3n) is 2.82. The van der Waals surface area contributed by atoms with Gasteiger partial charge >= 0.3 is 0 Å². The van der Waals surface area contributed by atoms with E-state index in [9.17, 15) is 0 Å². The molecular formula is C13H15IN4. The van der Waals surface area contributed by atoms with Crippen LogP contribution in [0.15, 0.2) is 18.2 Å². The molecule has 2 rings (SSSR count). The van der Waals surface area contributed by atoms with Gasteiger partial charge in [0.1, 0.15) is 17.5 Å². The Balaban J connectivity index is 2.43. The van der Waals surface area contributed by atoms with Gasteiger partial charge in [0.2, 0.25) is 0 Å². The maximum Gasteiger partial charge on any atom is 0.139 e. The van der Waals surface area contributed by atoms with Gasteiger partial charge in [0, 0.05) is 14.8 Å². The monoisotopic (exact) mass is 354 g/mol. The molecule has 0 fully saturated rings. The molecule has 5 heteroatoms. The molecule has 0 amide bonds. The van der Waals surface area contributed by atoms with Gasteiger partial charge in [0.15, 0.2) is 0 Å². The lowest BCUT2D eigenvalue weighted by atomic mass is 10.2. The SMILES string of the molecule is Cc1nc(N)c(C)c(Nc2cccc(I)c2C)n1. The van der Waals surface area contributed by atoms with E-state index in [1.807, 2.05) is 26.0 Å². The van der Waals surface area contributed by atoms with Gasteiger partial charge in [-0.1, -0.05) is 6.07 Å². The number of nitrogens with two attached hydrogens (primary N) is 1. The van der Waals surface area contributed by atoms with Crippen molar-refractivity contribution in [2.24, 2.45) is 0 Å². The van der Waals surface area contributed by atoms with Gasteiger partial charge in [-0.25, -0.2) is 9.97 Å². The standard InChI is InChI=1S/C13H15IN4/c1-7-10(14)5-4-6-11(7)18-13-8(2)12(15)16-9(3)17-13/h4-6H,1-3H3,(H3,15,16,17,18). The summed E-state index contributed by atoms with van der Waals surface area (Å²) in [6.07, 6.45) is 0. The number of nitrogens with zero attached hydrogens (tertiary/aromatic N) is 2. The molecule has 4 nitrogen and oxygen atoms in total. The minimum Gasteiger partial charge on any atom is -0.383 e. The smallest absolute Gasteiger partial charge is 0.139 e. The molecule has 0 aliphatic carbocycles. The average Bonchev–Trinajstić information content (AvgIpc) is 2.31. The minimum absolute atomic E-state index is 0.522. The molecule has 0 saturated carbocycles. The van der Waals surface area contributed by atoms with Crippen LogP contribution in [-0.2, 0) is 0 Å². The second-order valence-corrected chi connectivity index (χ2v) is 5.33. The molecule has 1 aromatic carbocycles. The number of hydrogen-bond donors (Lipinski definition) is 2.